The number of hydrogen-bond acceptors (Lipinski definition) is 1. The number of hydrogen-bond donors (Lipinski definition) is 0. The van der Waals surface area contributed by atoms with Crippen LogP contribution in [0.15, 0.2) is 62.2 Å². The number of fused-ring (bicyclic) bond motifs is 3. The van der Waals surface area contributed by atoms with Gasteiger partial charge in [-0.25, -0.2) is 0 Å². The molecule has 172 valence electrons. The lowest BCUT2D eigenvalue weighted by Gasteiger charge is -2.41. The van der Waals surface area contributed by atoms with Crippen molar-refractivity contribution in [2.45, 2.75) is 65.2 Å². The Morgan fingerprint density at radius 2 is 1.85 bits per heavy atom. The maximum atomic E-state index is 5.97. The largest absolute Gasteiger partial charge is 0.489 e. The zero-order chi connectivity index (χ0) is 23.8. The first-order valence-electron chi connectivity index (χ1n) is 12.2. The quantitative estimate of drug-likeness (QED) is 0.396. The summed E-state index contributed by atoms with van der Waals surface area (Å²) in [6.45, 7) is 22.2. The molecule has 1 atom stereocenters. The van der Waals surface area contributed by atoms with Gasteiger partial charge in [-0.15, -0.1) is 6.58 Å². The fourth-order valence-electron chi connectivity index (χ4n) is 5.73. The summed E-state index contributed by atoms with van der Waals surface area (Å²) in [7, 11) is 0. The van der Waals surface area contributed by atoms with Crippen molar-refractivity contribution in [2.75, 3.05) is 6.61 Å². The SMILES string of the molecule is C=CCCc1c(C2(C)CCc3c(ccc4c3C=CC(C)(C)C4)C2=C)ccc(OCC=C)c1C. The molecule has 1 unspecified atom stereocenters. The lowest BCUT2D eigenvalue weighted by molar-refractivity contribution is 0.359. The van der Waals surface area contributed by atoms with Gasteiger partial charge in [0.25, 0.3) is 0 Å². The zero-order valence-electron chi connectivity index (χ0n) is 20.9. The van der Waals surface area contributed by atoms with E-state index in [4.69, 9.17) is 11.3 Å². The lowest BCUT2D eigenvalue weighted by atomic mass is 9.63. The molecular formula is C32H38O. The minimum atomic E-state index is -0.100. The summed E-state index contributed by atoms with van der Waals surface area (Å²) in [4.78, 5) is 0. The van der Waals surface area contributed by atoms with Gasteiger partial charge in [-0.2, -0.15) is 0 Å². The van der Waals surface area contributed by atoms with Crippen molar-refractivity contribution in [3.05, 3.63) is 101 Å². The lowest BCUT2D eigenvalue weighted by Crippen LogP contribution is -2.31. The average Bonchev–Trinajstić information content (AvgIpc) is 2.78. The Morgan fingerprint density at radius 1 is 1.06 bits per heavy atom. The third kappa shape index (κ3) is 4.14. The first-order chi connectivity index (χ1) is 15.7. The summed E-state index contributed by atoms with van der Waals surface area (Å²) >= 11 is 0. The van der Waals surface area contributed by atoms with Gasteiger partial charge in [-0.05, 0) is 95.0 Å². The van der Waals surface area contributed by atoms with Crippen molar-refractivity contribution < 1.29 is 4.74 Å². The second kappa shape index (κ2) is 8.86. The molecule has 4 rings (SSSR count). The van der Waals surface area contributed by atoms with E-state index in [0.717, 1.165) is 37.9 Å². The highest BCUT2D eigenvalue weighted by Crippen LogP contribution is 2.50. The molecule has 0 heterocycles. The Balaban J connectivity index is 1.78. The first-order valence-corrected chi connectivity index (χ1v) is 12.2. The summed E-state index contributed by atoms with van der Waals surface area (Å²) in [5, 5.41) is 0. The third-order valence-electron chi connectivity index (χ3n) is 7.76. The molecule has 2 aromatic rings. The van der Waals surface area contributed by atoms with Crippen LogP contribution in [0.2, 0.25) is 0 Å². The summed E-state index contributed by atoms with van der Waals surface area (Å²) in [6.07, 6.45) is 13.7. The number of rotatable bonds is 7. The Morgan fingerprint density at radius 3 is 2.58 bits per heavy atom. The average molecular weight is 439 g/mol. The molecule has 0 N–H and O–H groups in total. The molecular weight excluding hydrogens is 400 g/mol. The molecule has 1 nitrogen and oxygen atoms in total. The van der Waals surface area contributed by atoms with Crippen LogP contribution in [-0.2, 0) is 24.7 Å². The molecule has 2 aromatic carbocycles. The van der Waals surface area contributed by atoms with Gasteiger partial charge in [0.2, 0.25) is 0 Å². The van der Waals surface area contributed by atoms with Gasteiger partial charge in [-0.1, -0.05) is 76.4 Å². The Labute approximate surface area is 200 Å². The van der Waals surface area contributed by atoms with Crippen LogP contribution in [0.25, 0.3) is 11.6 Å². The van der Waals surface area contributed by atoms with E-state index in [-0.39, 0.29) is 10.8 Å². The number of ether oxygens (including phenoxy) is 1. The van der Waals surface area contributed by atoms with Gasteiger partial charge in [0.15, 0.2) is 0 Å². The number of allylic oxidation sites excluding steroid dienone is 3. The van der Waals surface area contributed by atoms with Crippen LogP contribution in [0.4, 0.5) is 0 Å². The predicted octanol–water partition coefficient (Wildman–Crippen LogP) is 8.19. The summed E-state index contributed by atoms with van der Waals surface area (Å²) < 4.78 is 5.97. The van der Waals surface area contributed by atoms with Gasteiger partial charge >= 0.3 is 0 Å². The highest BCUT2D eigenvalue weighted by Gasteiger charge is 2.38. The Kier molecular flexibility index (Phi) is 6.27. The van der Waals surface area contributed by atoms with Crippen LogP contribution < -0.4 is 4.74 Å². The normalized spacial score (nSPS) is 20.7. The second-order valence-electron chi connectivity index (χ2n) is 10.6. The highest BCUT2D eigenvalue weighted by molar-refractivity contribution is 5.81. The minimum Gasteiger partial charge on any atom is -0.489 e. The van der Waals surface area contributed by atoms with E-state index >= 15 is 0 Å². The fourth-order valence-corrected chi connectivity index (χ4v) is 5.73. The summed E-state index contributed by atoms with van der Waals surface area (Å²) in [5.41, 5.74) is 11.1. The molecule has 33 heavy (non-hydrogen) atoms. The first kappa shape index (κ1) is 23.4. The van der Waals surface area contributed by atoms with E-state index < -0.39 is 0 Å². The van der Waals surface area contributed by atoms with Crippen molar-refractivity contribution in [1.29, 1.82) is 0 Å². The van der Waals surface area contributed by atoms with Gasteiger partial charge in [0.1, 0.15) is 12.4 Å². The van der Waals surface area contributed by atoms with E-state index in [2.05, 4.69) is 77.3 Å². The molecule has 0 spiro atoms. The zero-order valence-corrected chi connectivity index (χ0v) is 20.9. The summed E-state index contributed by atoms with van der Waals surface area (Å²) in [5.74, 6) is 0.949. The van der Waals surface area contributed by atoms with Crippen molar-refractivity contribution in [3.63, 3.8) is 0 Å². The molecule has 0 aliphatic heterocycles. The van der Waals surface area contributed by atoms with Crippen molar-refractivity contribution in [3.8, 4) is 5.75 Å². The molecule has 0 amide bonds. The Bertz CT molecular complexity index is 1140. The van der Waals surface area contributed by atoms with E-state index in [9.17, 15) is 0 Å². The highest BCUT2D eigenvalue weighted by atomic mass is 16.5. The van der Waals surface area contributed by atoms with Crippen LogP contribution in [0.5, 0.6) is 5.75 Å². The van der Waals surface area contributed by atoms with E-state index in [1.54, 1.807) is 6.08 Å². The molecule has 0 radical (unpaired) electrons. The van der Waals surface area contributed by atoms with E-state index in [1.165, 1.54) is 44.5 Å². The molecule has 1 heteroatoms. The molecule has 0 bridgehead atoms. The van der Waals surface area contributed by atoms with Gasteiger partial charge in [-0.3, -0.25) is 0 Å². The van der Waals surface area contributed by atoms with Crippen LogP contribution >= 0.6 is 0 Å². The molecule has 0 fully saturated rings. The molecule has 0 saturated heterocycles. The van der Waals surface area contributed by atoms with Crippen molar-refractivity contribution in [2.24, 2.45) is 5.41 Å². The molecule has 0 saturated carbocycles. The monoisotopic (exact) mass is 438 g/mol. The summed E-state index contributed by atoms with van der Waals surface area (Å²) in [6, 6.07) is 9.09. The van der Waals surface area contributed by atoms with Crippen molar-refractivity contribution in [1.82, 2.24) is 0 Å². The standard InChI is InChI=1S/C32H38O/c1-8-10-11-25-22(3)30(33-20-9-2)15-14-29(25)32(7)19-17-28-26(23(32)4)13-12-24-21-31(5,6)18-16-27(24)28/h8-9,12-16,18H,1-2,4,10-11,17,19-21H2,3,5-7H3. The van der Waals surface area contributed by atoms with Crippen molar-refractivity contribution >= 4 is 11.6 Å². The Hall–Kier alpha value is -2.80. The van der Waals surface area contributed by atoms with E-state index in [0.29, 0.717) is 6.61 Å². The molecule has 2 aliphatic carbocycles. The van der Waals surface area contributed by atoms with Gasteiger partial charge in [0.05, 0.1) is 0 Å². The van der Waals surface area contributed by atoms with Gasteiger partial charge < -0.3 is 4.74 Å². The van der Waals surface area contributed by atoms with Crippen LogP contribution in [0.1, 0.15) is 72.6 Å². The number of benzene rings is 2. The third-order valence-corrected chi connectivity index (χ3v) is 7.76. The fraction of sp³-hybridized carbons (Fsp3) is 0.375. The second-order valence-corrected chi connectivity index (χ2v) is 10.6. The predicted molar refractivity (Wildman–Crippen MR) is 143 cm³/mol. The topological polar surface area (TPSA) is 9.23 Å². The van der Waals surface area contributed by atoms with Crippen LogP contribution in [0, 0.1) is 12.3 Å². The van der Waals surface area contributed by atoms with E-state index in [1.807, 2.05) is 6.08 Å². The smallest absolute Gasteiger partial charge is 0.122 e. The van der Waals surface area contributed by atoms with Crippen LogP contribution in [-0.4, -0.2) is 6.61 Å². The maximum absolute atomic E-state index is 5.97. The molecule has 0 aromatic heterocycles. The van der Waals surface area contributed by atoms with Gasteiger partial charge in [0, 0.05) is 5.41 Å². The van der Waals surface area contributed by atoms with Crippen LogP contribution in [0.3, 0.4) is 0 Å². The maximum Gasteiger partial charge on any atom is 0.122 e. The molecule has 2 aliphatic rings. The minimum absolute atomic E-state index is 0.100.